The molecule has 2 aliphatic rings. The fraction of sp³-hybridized carbons (Fsp3) is 0.933. The van der Waals surface area contributed by atoms with E-state index >= 15 is 0 Å². The minimum absolute atomic E-state index is 0.108. The van der Waals surface area contributed by atoms with Crippen molar-refractivity contribution in [3.05, 3.63) is 0 Å². The molecule has 5 unspecified atom stereocenters. The van der Waals surface area contributed by atoms with Gasteiger partial charge in [-0.1, -0.05) is 27.7 Å². The lowest BCUT2D eigenvalue weighted by atomic mass is 9.52. The lowest BCUT2D eigenvalue weighted by Crippen LogP contribution is -2.52. The van der Waals surface area contributed by atoms with Crippen molar-refractivity contribution in [1.29, 1.82) is 0 Å². The fourth-order valence-corrected chi connectivity index (χ4v) is 4.06. The van der Waals surface area contributed by atoms with Crippen molar-refractivity contribution in [3.8, 4) is 0 Å². The summed E-state index contributed by atoms with van der Waals surface area (Å²) in [5, 5.41) is 10.2. The number of aliphatic hydroxyl groups excluding tert-OH is 1. The smallest absolute Gasteiger partial charge is 0.136 e. The standard InChI is InChI=1S/C15H26O2/c1-9(2)11-8-15(4)10(3)5-6-13(16)12(15)7-14(11)17/h9-12,14,17H,5-8H2,1-4H3. The fourth-order valence-electron chi connectivity index (χ4n) is 4.06. The van der Waals surface area contributed by atoms with Gasteiger partial charge in [-0.2, -0.15) is 0 Å². The predicted octanol–water partition coefficient (Wildman–Crippen LogP) is 3.03. The highest BCUT2D eigenvalue weighted by atomic mass is 16.3. The number of Topliss-reactive ketones (excluding diaryl/α,β-unsaturated/α-hetero) is 1. The van der Waals surface area contributed by atoms with Gasteiger partial charge < -0.3 is 5.11 Å². The average molecular weight is 238 g/mol. The first-order chi connectivity index (χ1) is 7.86. The van der Waals surface area contributed by atoms with Gasteiger partial charge in [0.15, 0.2) is 0 Å². The van der Waals surface area contributed by atoms with E-state index in [0.29, 0.717) is 30.0 Å². The maximum Gasteiger partial charge on any atom is 0.136 e. The van der Waals surface area contributed by atoms with Crippen LogP contribution >= 0.6 is 0 Å². The highest BCUT2D eigenvalue weighted by molar-refractivity contribution is 5.83. The highest BCUT2D eigenvalue weighted by Crippen LogP contribution is 2.54. The summed E-state index contributed by atoms with van der Waals surface area (Å²) in [6.07, 6.45) is 3.20. The maximum absolute atomic E-state index is 12.1. The largest absolute Gasteiger partial charge is 0.393 e. The van der Waals surface area contributed by atoms with Crippen LogP contribution in [0.4, 0.5) is 0 Å². The van der Waals surface area contributed by atoms with Crippen molar-refractivity contribution in [2.75, 3.05) is 0 Å². The first-order valence-electron chi connectivity index (χ1n) is 7.07. The summed E-state index contributed by atoms with van der Waals surface area (Å²) in [5.74, 6) is 1.98. The van der Waals surface area contributed by atoms with Gasteiger partial charge in [-0.3, -0.25) is 4.79 Å². The van der Waals surface area contributed by atoms with Crippen molar-refractivity contribution in [3.63, 3.8) is 0 Å². The molecule has 5 atom stereocenters. The molecule has 0 spiro atoms. The van der Waals surface area contributed by atoms with Crippen LogP contribution in [0.2, 0.25) is 0 Å². The first-order valence-corrected chi connectivity index (χ1v) is 7.07. The molecule has 2 nitrogen and oxygen atoms in total. The number of aliphatic hydroxyl groups is 1. The molecular weight excluding hydrogens is 212 g/mol. The number of ketones is 1. The van der Waals surface area contributed by atoms with E-state index in [2.05, 4.69) is 27.7 Å². The van der Waals surface area contributed by atoms with Gasteiger partial charge in [-0.25, -0.2) is 0 Å². The van der Waals surface area contributed by atoms with E-state index in [1.54, 1.807) is 0 Å². The van der Waals surface area contributed by atoms with Gasteiger partial charge in [0.05, 0.1) is 6.10 Å². The van der Waals surface area contributed by atoms with Crippen LogP contribution in [0.1, 0.15) is 53.4 Å². The molecule has 0 aromatic heterocycles. The average Bonchev–Trinajstić information content (AvgIpc) is 2.26. The van der Waals surface area contributed by atoms with Crippen LogP contribution in [0.3, 0.4) is 0 Å². The molecule has 2 heteroatoms. The summed E-state index contributed by atoms with van der Waals surface area (Å²) in [6.45, 7) is 8.94. The maximum atomic E-state index is 12.1. The number of rotatable bonds is 1. The molecule has 0 saturated heterocycles. The van der Waals surface area contributed by atoms with Crippen molar-refractivity contribution in [2.45, 2.75) is 59.5 Å². The van der Waals surface area contributed by atoms with Crippen LogP contribution in [0, 0.1) is 29.1 Å². The van der Waals surface area contributed by atoms with Crippen LogP contribution in [-0.4, -0.2) is 17.0 Å². The van der Waals surface area contributed by atoms with Crippen molar-refractivity contribution >= 4 is 5.78 Å². The molecule has 0 aliphatic heterocycles. The summed E-state index contributed by atoms with van der Waals surface area (Å²) < 4.78 is 0. The predicted molar refractivity (Wildman–Crippen MR) is 68.6 cm³/mol. The van der Waals surface area contributed by atoms with Gasteiger partial charge in [0.25, 0.3) is 0 Å². The van der Waals surface area contributed by atoms with Crippen LogP contribution < -0.4 is 0 Å². The zero-order valence-electron chi connectivity index (χ0n) is 11.6. The third-order valence-corrected chi connectivity index (χ3v) is 5.64. The van der Waals surface area contributed by atoms with Gasteiger partial charge in [0.1, 0.15) is 5.78 Å². The second kappa shape index (κ2) is 4.38. The third-order valence-electron chi connectivity index (χ3n) is 5.64. The number of hydrogen-bond acceptors (Lipinski definition) is 2. The summed E-state index contributed by atoms with van der Waals surface area (Å²) in [7, 11) is 0. The molecule has 0 aromatic rings. The number of carbonyl (C=O) groups excluding carboxylic acids is 1. The van der Waals surface area contributed by atoms with E-state index in [-0.39, 0.29) is 17.4 Å². The van der Waals surface area contributed by atoms with E-state index < -0.39 is 0 Å². The summed E-state index contributed by atoms with van der Waals surface area (Å²) >= 11 is 0. The Kier molecular flexibility index (Phi) is 3.37. The highest BCUT2D eigenvalue weighted by Gasteiger charge is 2.52. The lowest BCUT2D eigenvalue weighted by molar-refractivity contribution is -0.146. The minimum atomic E-state index is -0.276. The van der Waals surface area contributed by atoms with Crippen LogP contribution in [0.25, 0.3) is 0 Å². The molecule has 98 valence electrons. The van der Waals surface area contributed by atoms with E-state index in [9.17, 15) is 9.90 Å². The van der Waals surface area contributed by atoms with E-state index in [1.165, 1.54) is 0 Å². The number of hydrogen-bond donors (Lipinski definition) is 1. The molecule has 1 N–H and O–H groups in total. The van der Waals surface area contributed by atoms with Crippen LogP contribution in [0.5, 0.6) is 0 Å². The van der Waals surface area contributed by atoms with Gasteiger partial charge >= 0.3 is 0 Å². The van der Waals surface area contributed by atoms with E-state index in [0.717, 1.165) is 19.3 Å². The molecule has 0 bridgehead atoms. The Morgan fingerprint density at radius 3 is 2.65 bits per heavy atom. The van der Waals surface area contributed by atoms with Crippen LogP contribution in [0.15, 0.2) is 0 Å². The molecule has 0 heterocycles. The topological polar surface area (TPSA) is 37.3 Å². The second-order valence-electron chi connectivity index (χ2n) is 6.88. The lowest BCUT2D eigenvalue weighted by Gasteiger charge is -2.53. The zero-order chi connectivity index (χ0) is 12.8. The molecule has 2 fully saturated rings. The van der Waals surface area contributed by atoms with Gasteiger partial charge in [0, 0.05) is 12.3 Å². The number of carbonyl (C=O) groups is 1. The minimum Gasteiger partial charge on any atom is -0.393 e. The molecule has 0 radical (unpaired) electrons. The van der Waals surface area contributed by atoms with Gasteiger partial charge in [0.2, 0.25) is 0 Å². The third kappa shape index (κ3) is 2.05. The molecular formula is C15H26O2. The SMILES string of the molecule is CC(C)C1CC2(C)C(C)CCC(=O)C2CC1O. The Balaban J connectivity index is 2.26. The molecule has 0 aromatic carbocycles. The molecule has 17 heavy (non-hydrogen) atoms. The van der Waals surface area contributed by atoms with Gasteiger partial charge in [-0.15, -0.1) is 0 Å². The Hall–Kier alpha value is -0.370. The summed E-state index contributed by atoms with van der Waals surface area (Å²) in [6, 6.07) is 0. The quantitative estimate of drug-likeness (QED) is 0.762. The monoisotopic (exact) mass is 238 g/mol. The van der Waals surface area contributed by atoms with Crippen molar-refractivity contribution in [1.82, 2.24) is 0 Å². The Labute approximate surface area is 105 Å². The first kappa shape index (κ1) is 13.1. The van der Waals surface area contributed by atoms with Crippen LogP contribution in [-0.2, 0) is 4.79 Å². The van der Waals surface area contributed by atoms with Gasteiger partial charge in [-0.05, 0) is 42.4 Å². The van der Waals surface area contributed by atoms with E-state index in [4.69, 9.17) is 0 Å². The molecule has 2 aliphatic carbocycles. The van der Waals surface area contributed by atoms with E-state index in [1.807, 2.05) is 0 Å². The molecule has 2 saturated carbocycles. The number of fused-ring (bicyclic) bond motifs is 1. The zero-order valence-corrected chi connectivity index (χ0v) is 11.6. The van der Waals surface area contributed by atoms with Crippen molar-refractivity contribution < 1.29 is 9.90 Å². The Morgan fingerprint density at radius 1 is 1.41 bits per heavy atom. The summed E-state index contributed by atoms with van der Waals surface area (Å²) in [5.41, 5.74) is 0.128. The summed E-state index contributed by atoms with van der Waals surface area (Å²) in [4.78, 5) is 12.1. The Bertz CT molecular complexity index is 310. The molecule has 0 amide bonds. The molecule has 2 rings (SSSR count). The Morgan fingerprint density at radius 2 is 2.06 bits per heavy atom. The van der Waals surface area contributed by atoms with Crippen molar-refractivity contribution in [2.24, 2.45) is 29.1 Å². The second-order valence-corrected chi connectivity index (χ2v) is 6.88. The normalized spacial score (nSPS) is 47.1.